The van der Waals surface area contributed by atoms with Gasteiger partial charge in [-0.05, 0) is 5.56 Å². The monoisotopic (exact) mass is 272 g/mol. The maximum absolute atomic E-state index is 11.9. The molecule has 0 radical (unpaired) electrons. The smallest absolute Gasteiger partial charge is 0.275 e. The number of aliphatic imine (C=N–C) groups is 1. The highest BCUT2D eigenvalue weighted by Crippen LogP contribution is 2.26. The molecule has 1 aromatic rings. The third kappa shape index (κ3) is 2.51. The van der Waals surface area contributed by atoms with Gasteiger partial charge in [-0.2, -0.15) is 0 Å². The average Bonchev–Trinajstić information content (AvgIpc) is 3.09. The molecule has 3 rings (SSSR count). The predicted octanol–water partition coefficient (Wildman–Crippen LogP) is 0.106. The third-order valence-electron chi connectivity index (χ3n) is 2.97. The Labute approximate surface area is 114 Å². The van der Waals surface area contributed by atoms with Crippen LogP contribution in [0.15, 0.2) is 40.5 Å². The lowest BCUT2D eigenvalue weighted by Gasteiger charge is -2.07. The maximum atomic E-state index is 11.9. The van der Waals surface area contributed by atoms with Gasteiger partial charge in [0.2, 0.25) is 11.9 Å². The van der Waals surface area contributed by atoms with Crippen LogP contribution in [0.4, 0.5) is 0 Å². The maximum Gasteiger partial charge on any atom is 0.275 e. The molecule has 1 unspecified atom stereocenters. The molecule has 0 saturated carbocycles. The van der Waals surface area contributed by atoms with Gasteiger partial charge in [0.1, 0.15) is 12.3 Å². The lowest BCUT2D eigenvalue weighted by molar-refractivity contribution is -0.117. The molecule has 1 aromatic carbocycles. The van der Waals surface area contributed by atoms with Crippen molar-refractivity contribution in [2.24, 2.45) is 10.1 Å². The van der Waals surface area contributed by atoms with E-state index in [0.29, 0.717) is 6.42 Å². The van der Waals surface area contributed by atoms with Crippen molar-refractivity contribution >= 4 is 23.5 Å². The number of guanidine groups is 1. The van der Waals surface area contributed by atoms with Crippen molar-refractivity contribution in [3.05, 3.63) is 35.9 Å². The third-order valence-corrected chi connectivity index (χ3v) is 2.97. The van der Waals surface area contributed by atoms with Gasteiger partial charge in [-0.25, -0.2) is 4.99 Å². The van der Waals surface area contributed by atoms with Crippen LogP contribution in [0.25, 0.3) is 0 Å². The van der Waals surface area contributed by atoms with Crippen molar-refractivity contribution in [1.29, 1.82) is 0 Å². The highest BCUT2D eigenvalue weighted by Gasteiger charge is 2.28. The Kier molecular flexibility index (Phi) is 3.16. The van der Waals surface area contributed by atoms with E-state index in [9.17, 15) is 9.59 Å². The van der Waals surface area contributed by atoms with Gasteiger partial charge < -0.3 is 4.84 Å². The van der Waals surface area contributed by atoms with Crippen molar-refractivity contribution < 1.29 is 14.4 Å². The van der Waals surface area contributed by atoms with E-state index in [4.69, 9.17) is 4.84 Å². The van der Waals surface area contributed by atoms with Crippen molar-refractivity contribution in [2.75, 3.05) is 6.54 Å². The molecular formula is C13H12N4O3. The Morgan fingerprint density at radius 1 is 1.35 bits per heavy atom. The number of oxime groups is 1. The summed E-state index contributed by atoms with van der Waals surface area (Å²) in [7, 11) is 0. The van der Waals surface area contributed by atoms with Crippen LogP contribution in [0.3, 0.4) is 0 Å². The number of carbonyl (C=O) groups excluding carboxylic acids is 2. The van der Waals surface area contributed by atoms with Crippen molar-refractivity contribution in [3.63, 3.8) is 0 Å². The van der Waals surface area contributed by atoms with Crippen LogP contribution in [0.5, 0.6) is 0 Å². The quantitative estimate of drug-likeness (QED) is 0.800. The Balaban J connectivity index is 1.59. The first-order chi connectivity index (χ1) is 9.72. The van der Waals surface area contributed by atoms with Crippen molar-refractivity contribution in [2.45, 2.75) is 12.5 Å². The molecule has 1 atom stereocenters. The minimum Gasteiger partial charge on any atom is -0.387 e. The molecule has 2 amide bonds. The molecule has 0 fully saturated rings. The molecule has 7 heteroatoms. The van der Waals surface area contributed by atoms with Gasteiger partial charge in [-0.15, -0.1) is 0 Å². The minimum absolute atomic E-state index is 0.0330. The number of carbonyl (C=O) groups is 2. The van der Waals surface area contributed by atoms with E-state index in [1.807, 2.05) is 30.3 Å². The SMILES string of the molecule is O=C1CN=C(NC(=O)C2=NOC(c3ccccc3)C2)N1. The summed E-state index contributed by atoms with van der Waals surface area (Å²) in [6.45, 7) is 0.0330. The summed E-state index contributed by atoms with van der Waals surface area (Å²) in [5, 5.41) is 8.72. The highest BCUT2D eigenvalue weighted by molar-refractivity contribution is 6.42. The van der Waals surface area contributed by atoms with Crippen LogP contribution in [0, 0.1) is 0 Å². The summed E-state index contributed by atoms with van der Waals surface area (Å²) < 4.78 is 0. The molecule has 0 aliphatic carbocycles. The standard InChI is InChI=1S/C13H12N4O3/c18-11-7-14-13(15-11)16-12(19)9-6-10(20-17-9)8-4-2-1-3-5-8/h1-5,10H,6-7H2,(H2,14,15,16,18,19). The number of benzene rings is 1. The van der Waals surface area contributed by atoms with Crippen LogP contribution in [-0.2, 0) is 14.4 Å². The Morgan fingerprint density at radius 3 is 2.85 bits per heavy atom. The Morgan fingerprint density at radius 2 is 2.15 bits per heavy atom. The molecule has 7 nitrogen and oxygen atoms in total. The number of rotatable bonds is 2. The molecular weight excluding hydrogens is 260 g/mol. The second kappa shape index (κ2) is 5.12. The van der Waals surface area contributed by atoms with E-state index in [2.05, 4.69) is 20.8 Å². The summed E-state index contributed by atoms with van der Waals surface area (Å²) in [6.07, 6.45) is 0.133. The molecule has 2 aliphatic heterocycles. The van der Waals surface area contributed by atoms with Crippen molar-refractivity contribution in [1.82, 2.24) is 10.6 Å². The zero-order valence-corrected chi connectivity index (χ0v) is 10.5. The van der Waals surface area contributed by atoms with Crippen LogP contribution in [0.2, 0.25) is 0 Å². The highest BCUT2D eigenvalue weighted by atomic mass is 16.6. The van der Waals surface area contributed by atoms with Gasteiger partial charge in [0.05, 0.1) is 0 Å². The molecule has 2 N–H and O–H groups in total. The Hall–Kier alpha value is -2.70. The lowest BCUT2D eigenvalue weighted by Crippen LogP contribution is -2.42. The Bertz CT molecular complexity index is 609. The van der Waals surface area contributed by atoms with Gasteiger partial charge in [-0.1, -0.05) is 35.5 Å². The number of hydrogen-bond acceptors (Lipinski definition) is 5. The van der Waals surface area contributed by atoms with Crippen molar-refractivity contribution in [3.8, 4) is 0 Å². The van der Waals surface area contributed by atoms with E-state index < -0.39 is 5.91 Å². The van der Waals surface area contributed by atoms with Gasteiger partial charge in [-0.3, -0.25) is 20.2 Å². The zero-order chi connectivity index (χ0) is 13.9. The van der Waals surface area contributed by atoms with Crippen LogP contribution in [-0.4, -0.2) is 30.0 Å². The number of amides is 2. The molecule has 20 heavy (non-hydrogen) atoms. The van der Waals surface area contributed by atoms with Gasteiger partial charge in [0.25, 0.3) is 5.91 Å². The largest absolute Gasteiger partial charge is 0.387 e. The van der Waals surface area contributed by atoms with Crippen LogP contribution < -0.4 is 10.6 Å². The lowest BCUT2D eigenvalue weighted by atomic mass is 10.0. The van der Waals surface area contributed by atoms with E-state index in [1.165, 1.54) is 0 Å². The van der Waals surface area contributed by atoms with E-state index in [1.54, 1.807) is 0 Å². The number of nitrogens with zero attached hydrogens (tertiary/aromatic N) is 2. The van der Waals surface area contributed by atoms with Crippen LogP contribution >= 0.6 is 0 Å². The number of hydrogen-bond donors (Lipinski definition) is 2. The van der Waals surface area contributed by atoms with E-state index >= 15 is 0 Å². The first-order valence-electron chi connectivity index (χ1n) is 6.15. The predicted molar refractivity (Wildman–Crippen MR) is 70.9 cm³/mol. The molecule has 102 valence electrons. The summed E-state index contributed by atoms with van der Waals surface area (Å²) >= 11 is 0. The molecule has 0 bridgehead atoms. The molecule has 0 saturated heterocycles. The van der Waals surface area contributed by atoms with Gasteiger partial charge in [0.15, 0.2) is 6.10 Å². The number of nitrogens with one attached hydrogen (secondary N) is 2. The average molecular weight is 272 g/mol. The van der Waals surface area contributed by atoms with Gasteiger partial charge in [0, 0.05) is 6.42 Å². The summed E-state index contributed by atoms with van der Waals surface area (Å²) in [6, 6.07) is 9.55. The summed E-state index contributed by atoms with van der Waals surface area (Å²) in [4.78, 5) is 32.0. The first kappa shape index (κ1) is 12.3. The van der Waals surface area contributed by atoms with E-state index in [-0.39, 0.29) is 30.2 Å². The normalized spacial score (nSPS) is 20.8. The fraction of sp³-hybridized carbons (Fsp3) is 0.231. The van der Waals surface area contributed by atoms with Gasteiger partial charge >= 0.3 is 0 Å². The molecule has 2 aliphatic rings. The summed E-state index contributed by atoms with van der Waals surface area (Å²) in [5.41, 5.74) is 1.24. The zero-order valence-electron chi connectivity index (χ0n) is 10.5. The molecule has 0 spiro atoms. The fourth-order valence-electron chi connectivity index (χ4n) is 1.97. The van der Waals surface area contributed by atoms with E-state index in [0.717, 1.165) is 5.56 Å². The topological polar surface area (TPSA) is 92.2 Å². The fourth-order valence-corrected chi connectivity index (χ4v) is 1.97. The second-order valence-electron chi connectivity index (χ2n) is 4.41. The minimum atomic E-state index is -0.413. The molecule has 0 aromatic heterocycles. The molecule has 2 heterocycles. The second-order valence-corrected chi connectivity index (χ2v) is 4.41. The van der Waals surface area contributed by atoms with Crippen LogP contribution in [0.1, 0.15) is 18.1 Å². The summed E-state index contributed by atoms with van der Waals surface area (Å²) in [5.74, 6) is -0.498. The first-order valence-corrected chi connectivity index (χ1v) is 6.15.